The SMILES string of the molecule is Cc1cn(-c2ccc(Cc3ccnn(Cc4ccc(F)cc4)c3=O)cc2C)cn1. The van der Waals surface area contributed by atoms with E-state index < -0.39 is 0 Å². The van der Waals surface area contributed by atoms with Gasteiger partial charge < -0.3 is 4.57 Å². The van der Waals surface area contributed by atoms with Crippen molar-refractivity contribution in [1.29, 1.82) is 0 Å². The molecule has 0 N–H and O–H groups in total. The lowest BCUT2D eigenvalue weighted by molar-refractivity contribution is 0.616. The van der Waals surface area contributed by atoms with Crippen molar-refractivity contribution in [2.24, 2.45) is 0 Å². The summed E-state index contributed by atoms with van der Waals surface area (Å²) in [6, 6.07) is 14.0. The molecule has 6 heteroatoms. The first-order valence-corrected chi connectivity index (χ1v) is 9.39. The van der Waals surface area contributed by atoms with E-state index in [2.05, 4.69) is 16.1 Å². The number of imidazole rings is 1. The van der Waals surface area contributed by atoms with Crippen molar-refractivity contribution in [2.75, 3.05) is 0 Å². The van der Waals surface area contributed by atoms with E-state index in [1.807, 2.05) is 36.7 Å². The summed E-state index contributed by atoms with van der Waals surface area (Å²) in [6.07, 6.45) is 5.94. The molecule has 0 fully saturated rings. The monoisotopic (exact) mass is 388 g/mol. The number of benzene rings is 2. The predicted molar refractivity (Wildman–Crippen MR) is 110 cm³/mol. The van der Waals surface area contributed by atoms with E-state index in [1.54, 1.807) is 30.7 Å². The molecule has 0 bridgehead atoms. The fourth-order valence-electron chi connectivity index (χ4n) is 3.39. The van der Waals surface area contributed by atoms with Crippen LogP contribution in [0.1, 0.15) is 27.9 Å². The van der Waals surface area contributed by atoms with Crippen LogP contribution in [-0.4, -0.2) is 19.3 Å². The average molecular weight is 388 g/mol. The van der Waals surface area contributed by atoms with Crippen LogP contribution in [0.15, 0.2) is 72.0 Å². The van der Waals surface area contributed by atoms with Gasteiger partial charge in [0, 0.05) is 30.1 Å². The normalized spacial score (nSPS) is 11.0. The van der Waals surface area contributed by atoms with Gasteiger partial charge in [0.15, 0.2) is 0 Å². The highest BCUT2D eigenvalue weighted by molar-refractivity contribution is 5.44. The van der Waals surface area contributed by atoms with Crippen molar-refractivity contribution >= 4 is 0 Å². The van der Waals surface area contributed by atoms with E-state index >= 15 is 0 Å². The van der Waals surface area contributed by atoms with Gasteiger partial charge in [-0.1, -0.05) is 24.3 Å². The van der Waals surface area contributed by atoms with Gasteiger partial charge in [0.2, 0.25) is 0 Å². The van der Waals surface area contributed by atoms with Crippen LogP contribution >= 0.6 is 0 Å². The molecule has 0 radical (unpaired) electrons. The number of aromatic nitrogens is 4. The summed E-state index contributed by atoms with van der Waals surface area (Å²) in [4.78, 5) is 17.1. The molecule has 2 aromatic carbocycles. The molecule has 4 rings (SSSR count). The summed E-state index contributed by atoms with van der Waals surface area (Å²) >= 11 is 0. The molecule has 0 aliphatic carbocycles. The maximum atomic E-state index is 13.1. The van der Waals surface area contributed by atoms with Crippen LogP contribution < -0.4 is 5.56 Å². The molecule has 0 aliphatic rings. The molecule has 0 atom stereocenters. The lowest BCUT2D eigenvalue weighted by Gasteiger charge is -2.10. The van der Waals surface area contributed by atoms with Gasteiger partial charge >= 0.3 is 0 Å². The first kappa shape index (κ1) is 18.8. The number of hydrogen-bond donors (Lipinski definition) is 0. The summed E-state index contributed by atoms with van der Waals surface area (Å²) in [5.41, 5.74) is 5.57. The van der Waals surface area contributed by atoms with Crippen molar-refractivity contribution in [1.82, 2.24) is 19.3 Å². The maximum absolute atomic E-state index is 13.1. The van der Waals surface area contributed by atoms with Crippen LogP contribution in [-0.2, 0) is 13.0 Å². The van der Waals surface area contributed by atoms with E-state index in [1.165, 1.54) is 16.8 Å². The Morgan fingerprint density at radius 3 is 2.45 bits per heavy atom. The summed E-state index contributed by atoms with van der Waals surface area (Å²) in [6.45, 7) is 4.32. The fourth-order valence-corrected chi connectivity index (χ4v) is 3.39. The van der Waals surface area contributed by atoms with Crippen molar-refractivity contribution < 1.29 is 4.39 Å². The van der Waals surface area contributed by atoms with Crippen molar-refractivity contribution in [3.05, 3.63) is 111 Å². The van der Waals surface area contributed by atoms with E-state index in [0.29, 0.717) is 18.5 Å². The van der Waals surface area contributed by atoms with Gasteiger partial charge in [0.25, 0.3) is 5.56 Å². The first-order valence-electron chi connectivity index (χ1n) is 9.39. The summed E-state index contributed by atoms with van der Waals surface area (Å²) in [7, 11) is 0. The molecule has 0 amide bonds. The Balaban J connectivity index is 1.57. The number of nitrogens with zero attached hydrogens (tertiary/aromatic N) is 4. The van der Waals surface area contributed by atoms with Crippen molar-refractivity contribution in [3.63, 3.8) is 0 Å². The molecule has 0 saturated carbocycles. The molecule has 2 aromatic heterocycles. The molecule has 146 valence electrons. The molecule has 4 aromatic rings. The van der Waals surface area contributed by atoms with Gasteiger partial charge in [-0.3, -0.25) is 4.79 Å². The van der Waals surface area contributed by atoms with Gasteiger partial charge in [-0.25, -0.2) is 14.1 Å². The molecule has 5 nitrogen and oxygen atoms in total. The molecular weight excluding hydrogens is 367 g/mol. The number of halogens is 1. The van der Waals surface area contributed by atoms with E-state index in [9.17, 15) is 9.18 Å². The molecular formula is C23H21FN4O. The van der Waals surface area contributed by atoms with Crippen LogP contribution in [0.5, 0.6) is 0 Å². The summed E-state index contributed by atoms with van der Waals surface area (Å²) < 4.78 is 16.5. The molecule has 0 saturated heterocycles. The smallest absolute Gasteiger partial charge is 0.270 e. The summed E-state index contributed by atoms with van der Waals surface area (Å²) in [5.74, 6) is -0.299. The van der Waals surface area contributed by atoms with Crippen molar-refractivity contribution in [2.45, 2.75) is 26.8 Å². The highest BCUT2D eigenvalue weighted by Crippen LogP contribution is 2.18. The fraction of sp³-hybridized carbons (Fsp3) is 0.174. The van der Waals surface area contributed by atoms with Crippen LogP contribution in [0.25, 0.3) is 5.69 Å². The Morgan fingerprint density at radius 1 is 1.00 bits per heavy atom. The number of rotatable bonds is 5. The first-order chi connectivity index (χ1) is 14.0. The zero-order chi connectivity index (χ0) is 20.4. The standard InChI is InChI=1S/C23H21FN4O/c1-16-11-19(5-8-22(16)27-13-17(2)25-15-27)12-20-9-10-26-28(23(20)29)14-18-3-6-21(24)7-4-18/h3-11,13,15H,12,14H2,1-2H3. The summed E-state index contributed by atoms with van der Waals surface area (Å²) in [5, 5.41) is 4.17. The van der Waals surface area contributed by atoms with Gasteiger partial charge in [-0.2, -0.15) is 5.10 Å². The molecule has 0 spiro atoms. The Morgan fingerprint density at radius 2 is 1.76 bits per heavy atom. The average Bonchev–Trinajstić information content (AvgIpc) is 3.13. The zero-order valence-electron chi connectivity index (χ0n) is 16.3. The van der Waals surface area contributed by atoms with E-state index in [0.717, 1.165) is 28.1 Å². The quantitative estimate of drug-likeness (QED) is 0.522. The van der Waals surface area contributed by atoms with E-state index in [-0.39, 0.29) is 11.4 Å². The minimum absolute atomic E-state index is 0.135. The van der Waals surface area contributed by atoms with Crippen molar-refractivity contribution in [3.8, 4) is 5.69 Å². The lowest BCUT2D eigenvalue weighted by atomic mass is 10.0. The third-order valence-electron chi connectivity index (χ3n) is 4.88. The van der Waals surface area contributed by atoms with Crippen LogP contribution in [0, 0.1) is 19.7 Å². The van der Waals surface area contributed by atoms with Gasteiger partial charge in [0.1, 0.15) is 5.82 Å². The van der Waals surface area contributed by atoms with Gasteiger partial charge in [-0.15, -0.1) is 0 Å². The van der Waals surface area contributed by atoms with Crippen LogP contribution in [0.3, 0.4) is 0 Å². The van der Waals surface area contributed by atoms with Crippen LogP contribution in [0.2, 0.25) is 0 Å². The second kappa shape index (κ2) is 7.83. The molecule has 2 heterocycles. The Hall–Kier alpha value is -3.54. The number of aryl methyl sites for hydroxylation is 2. The maximum Gasteiger partial charge on any atom is 0.270 e. The highest BCUT2D eigenvalue weighted by Gasteiger charge is 2.09. The Kier molecular flexibility index (Phi) is 5.08. The van der Waals surface area contributed by atoms with Gasteiger partial charge in [0.05, 0.1) is 18.6 Å². The molecule has 29 heavy (non-hydrogen) atoms. The molecule has 0 unspecified atom stereocenters. The third kappa shape index (κ3) is 4.16. The highest BCUT2D eigenvalue weighted by atomic mass is 19.1. The lowest BCUT2D eigenvalue weighted by Crippen LogP contribution is -2.26. The van der Waals surface area contributed by atoms with Crippen LogP contribution in [0.4, 0.5) is 4.39 Å². The Bertz CT molecular complexity index is 1210. The third-order valence-corrected chi connectivity index (χ3v) is 4.88. The second-order valence-corrected chi connectivity index (χ2v) is 7.17. The minimum Gasteiger partial charge on any atom is -0.306 e. The topological polar surface area (TPSA) is 52.7 Å². The zero-order valence-corrected chi connectivity index (χ0v) is 16.3. The largest absolute Gasteiger partial charge is 0.306 e. The predicted octanol–water partition coefficient (Wildman–Crippen LogP) is 3.82. The van der Waals surface area contributed by atoms with E-state index in [4.69, 9.17) is 0 Å². The Labute approximate surface area is 168 Å². The number of hydrogen-bond acceptors (Lipinski definition) is 3. The second-order valence-electron chi connectivity index (χ2n) is 7.17. The molecule has 0 aliphatic heterocycles. The van der Waals surface area contributed by atoms with Gasteiger partial charge in [-0.05, 0) is 54.8 Å². The minimum atomic E-state index is -0.299.